The number of benzene rings is 1. The summed E-state index contributed by atoms with van der Waals surface area (Å²) in [5.41, 5.74) is -1.27. The van der Waals surface area contributed by atoms with Crippen LogP contribution in [0, 0.1) is 6.92 Å². The van der Waals surface area contributed by atoms with E-state index in [0.29, 0.717) is 0 Å². The Kier molecular flexibility index (Phi) is 12.4. The summed E-state index contributed by atoms with van der Waals surface area (Å²) in [5, 5.41) is -0.422. The molecule has 0 spiro atoms. The summed E-state index contributed by atoms with van der Waals surface area (Å²) in [4.78, 5) is 92.2. The number of phosphoric acid groups is 5. The molecule has 1 aliphatic carbocycles. The summed E-state index contributed by atoms with van der Waals surface area (Å²) in [6.07, 6.45) is 0.837. The van der Waals surface area contributed by atoms with Crippen molar-refractivity contribution in [1.29, 1.82) is 0 Å². The van der Waals surface area contributed by atoms with Gasteiger partial charge in [0.2, 0.25) is 5.78 Å². The van der Waals surface area contributed by atoms with Gasteiger partial charge < -0.3 is 28.8 Å². The molecule has 3 aliphatic rings. The number of aromatic amines is 1. The monoisotopic (exact) mass is 915 g/mol. The van der Waals surface area contributed by atoms with Crippen molar-refractivity contribution < 1.29 is 83.1 Å². The number of H-pyrrole nitrogens is 1. The molecule has 0 radical (unpaired) electrons. The van der Waals surface area contributed by atoms with E-state index in [1.165, 1.54) is 25.3 Å². The molecule has 1 fully saturated rings. The van der Waals surface area contributed by atoms with E-state index in [2.05, 4.69) is 31.7 Å². The van der Waals surface area contributed by atoms with Crippen LogP contribution >= 0.6 is 62.3 Å². The molecule has 2 aliphatic heterocycles. The fraction of sp³-hybridized carbons (Fsp3) is 0.360. The lowest BCUT2D eigenvalue weighted by atomic mass is 9.71. The zero-order valence-electron chi connectivity index (χ0n) is 27.9. The first kappa shape index (κ1) is 43.9. The number of ether oxygens (including phenoxy) is 1. The van der Waals surface area contributed by atoms with Gasteiger partial charge in [-0.2, -0.15) is 17.2 Å². The third-order valence-electron chi connectivity index (χ3n) is 7.67. The Morgan fingerprint density at radius 3 is 2.11 bits per heavy atom. The van der Waals surface area contributed by atoms with Gasteiger partial charge in [-0.3, -0.25) is 28.6 Å². The lowest BCUT2D eigenvalue weighted by Gasteiger charge is -2.36. The minimum Gasteiger partial charge on any atom is -0.404 e. The second kappa shape index (κ2) is 15.5. The van der Waals surface area contributed by atoms with Crippen molar-refractivity contribution in [1.82, 2.24) is 9.55 Å². The Labute approximate surface area is 318 Å². The molecule has 3 heterocycles. The number of halogens is 2. The van der Waals surface area contributed by atoms with Crippen LogP contribution in [0.3, 0.4) is 0 Å². The van der Waals surface area contributed by atoms with Gasteiger partial charge in [-0.1, -0.05) is 37.0 Å². The van der Waals surface area contributed by atoms with Crippen molar-refractivity contribution in [3.05, 3.63) is 78.1 Å². The first-order valence-electron chi connectivity index (χ1n) is 15.0. The van der Waals surface area contributed by atoms with Crippen LogP contribution < -0.4 is 15.8 Å². The van der Waals surface area contributed by atoms with Gasteiger partial charge in [0.1, 0.15) is 12.0 Å². The fourth-order valence-corrected chi connectivity index (χ4v) is 12.5. The summed E-state index contributed by atoms with van der Waals surface area (Å²) in [6, 6.07) is 3.52. The van der Waals surface area contributed by atoms with Crippen molar-refractivity contribution in [3.8, 4) is 5.75 Å². The van der Waals surface area contributed by atoms with Crippen molar-refractivity contribution in [3.63, 3.8) is 0 Å². The van der Waals surface area contributed by atoms with Crippen molar-refractivity contribution >= 4 is 79.5 Å². The average Bonchev–Trinajstić information content (AvgIpc) is 3.47. The standard InChI is InChI=1S/C25H28Cl2N3O20P5/c1-12-10-30(24(33)29-23(12)32)19-7-5-14(45-19)11-44-51(34,35)47-53(38,39)49-55(42,43)50-54(40,41)48-52(36,37)46-13-4-6-17-15(8-13)25(2,3)20-18(28-17)9-16(26)22(31)21(20)27/h4,6,8-10,14,19H,5,7,11H2,1-3H3,(H,34,35)(H,36,37)(H,38,39)(H,40,41)(H,42,43)(H,29,32,33). The van der Waals surface area contributed by atoms with E-state index >= 15 is 0 Å². The van der Waals surface area contributed by atoms with Gasteiger partial charge in [-0.15, -0.1) is 0 Å². The molecule has 7 unspecified atom stereocenters. The number of hydrogen-bond donors (Lipinski definition) is 6. The summed E-state index contributed by atoms with van der Waals surface area (Å²) >= 11 is 12.2. The molecule has 23 nitrogen and oxygen atoms in total. The third kappa shape index (κ3) is 10.5. The van der Waals surface area contributed by atoms with Gasteiger partial charge in [-0.25, -0.2) is 32.6 Å². The van der Waals surface area contributed by atoms with E-state index in [0.717, 1.165) is 16.7 Å². The number of Topliss-reactive ketones (excluding diaryl/α,β-unsaturated/α-hetero) is 1. The molecule has 0 bridgehead atoms. The predicted molar refractivity (Wildman–Crippen MR) is 188 cm³/mol. The van der Waals surface area contributed by atoms with Crippen LogP contribution in [0.5, 0.6) is 5.75 Å². The van der Waals surface area contributed by atoms with Gasteiger partial charge >= 0.3 is 44.8 Å². The zero-order chi connectivity index (χ0) is 41.1. The molecule has 30 heteroatoms. The number of phosphoric ester groups is 2. The minimum atomic E-state index is -6.35. The molecule has 302 valence electrons. The number of aromatic nitrogens is 2. The molecule has 0 saturated carbocycles. The number of aryl methyl sites for hydroxylation is 1. The Bertz CT molecular complexity index is 2430. The smallest absolute Gasteiger partial charge is 0.404 e. The topological polar surface area (TPSA) is 335 Å². The molecule has 1 aromatic heterocycles. The van der Waals surface area contributed by atoms with Crippen molar-refractivity contribution in [2.75, 3.05) is 6.61 Å². The lowest BCUT2D eigenvalue weighted by molar-refractivity contribution is -0.111. The lowest BCUT2D eigenvalue weighted by Crippen LogP contribution is -2.33. The van der Waals surface area contributed by atoms with Crippen LogP contribution in [0.1, 0.15) is 44.0 Å². The molecule has 1 saturated heterocycles. The number of rotatable bonds is 14. The van der Waals surface area contributed by atoms with E-state index in [-0.39, 0.29) is 51.0 Å². The molecule has 7 atom stereocenters. The highest BCUT2D eigenvalue weighted by atomic mass is 35.5. The van der Waals surface area contributed by atoms with Crippen LogP contribution in [0.15, 0.2) is 60.7 Å². The van der Waals surface area contributed by atoms with Gasteiger partial charge in [0.05, 0.1) is 34.2 Å². The van der Waals surface area contributed by atoms with Gasteiger partial charge in [-0.05, 0) is 49.6 Å². The van der Waals surface area contributed by atoms with Crippen LogP contribution in [0.4, 0.5) is 5.69 Å². The quantitative estimate of drug-likeness (QED) is 0.110. The maximum absolute atomic E-state index is 12.7. The van der Waals surface area contributed by atoms with E-state index in [1.54, 1.807) is 13.8 Å². The normalized spacial score (nSPS) is 24.9. The zero-order valence-corrected chi connectivity index (χ0v) is 33.9. The number of carbonyl (C=O) groups excluding carboxylic acids is 1. The Morgan fingerprint density at radius 2 is 1.49 bits per heavy atom. The Morgan fingerprint density at radius 1 is 0.909 bits per heavy atom. The highest BCUT2D eigenvalue weighted by Crippen LogP contribution is 2.73. The Hall–Kier alpha value is -2.19. The van der Waals surface area contributed by atoms with Gasteiger partial charge in [0.15, 0.2) is 0 Å². The number of allylic oxidation sites excluding steroid dienone is 4. The fourth-order valence-electron chi connectivity index (χ4n) is 5.44. The molecule has 55 heavy (non-hydrogen) atoms. The summed E-state index contributed by atoms with van der Waals surface area (Å²) in [7, 11) is -30.3. The maximum atomic E-state index is 12.7. The molecule has 1 aromatic carbocycles. The Balaban J connectivity index is 1.18. The van der Waals surface area contributed by atoms with Crippen LogP contribution in [-0.2, 0) is 59.5 Å². The number of nitrogens with one attached hydrogen (secondary N) is 1. The first-order chi connectivity index (χ1) is 25.1. The molecule has 6 N–H and O–H groups in total. The van der Waals surface area contributed by atoms with Crippen molar-refractivity contribution in [2.45, 2.75) is 51.4 Å². The number of fused-ring (bicyclic) bond motifs is 2. The second-order valence-electron chi connectivity index (χ2n) is 12.1. The number of ketones is 1. The number of aliphatic imine (C=N–C) groups is 1. The van der Waals surface area contributed by atoms with E-state index in [1.807, 2.05) is 0 Å². The van der Waals surface area contributed by atoms with E-state index in [4.69, 9.17) is 32.5 Å². The molecule has 2 aromatic rings. The average molecular weight is 916 g/mol. The van der Waals surface area contributed by atoms with Crippen LogP contribution in [0.25, 0.3) is 0 Å². The second-order valence-corrected chi connectivity index (χ2v) is 20.7. The van der Waals surface area contributed by atoms with E-state index in [9.17, 15) is 61.7 Å². The van der Waals surface area contributed by atoms with Crippen molar-refractivity contribution in [2.24, 2.45) is 4.99 Å². The SMILES string of the molecule is Cc1cn(C2CCC(COP(=O)(O)OP(=O)(O)OP(=O)(O)OP(=O)(O)OP(=O)(O)Oc3ccc4c(c3)C(C)(C)C3=C(Cl)C(=O)C(Cl)=CC3=N4)O2)c(=O)[nH]c1=O. The number of nitrogens with zero attached hydrogens (tertiary/aromatic N) is 2. The molecule has 0 amide bonds. The van der Waals surface area contributed by atoms with Crippen LogP contribution in [0.2, 0.25) is 0 Å². The van der Waals surface area contributed by atoms with E-state index < -0.39 is 86.2 Å². The highest BCUT2D eigenvalue weighted by molar-refractivity contribution is 7.71. The van der Waals surface area contributed by atoms with Gasteiger partial charge in [0, 0.05) is 22.7 Å². The summed E-state index contributed by atoms with van der Waals surface area (Å²) in [6.45, 7) is 3.86. The summed E-state index contributed by atoms with van der Waals surface area (Å²) in [5.74, 6) is -1.18. The first-order valence-corrected chi connectivity index (χ1v) is 23.2. The predicted octanol–water partition coefficient (Wildman–Crippen LogP) is 4.75. The largest absolute Gasteiger partial charge is 0.536 e. The minimum absolute atomic E-state index is 0.106. The number of carbonyl (C=O) groups is 1. The molecular weight excluding hydrogens is 888 g/mol. The highest BCUT2D eigenvalue weighted by Gasteiger charge is 2.49. The van der Waals surface area contributed by atoms with Gasteiger partial charge in [0.25, 0.3) is 5.56 Å². The van der Waals surface area contributed by atoms with Crippen LogP contribution in [-0.4, -0.2) is 58.2 Å². The molecule has 5 rings (SSSR count). The summed E-state index contributed by atoms with van der Waals surface area (Å²) < 4.78 is 93.5. The number of hydrogen-bond acceptors (Lipinski definition) is 16. The third-order valence-corrected chi connectivity index (χ3v) is 15.8. The molecular formula is C25H28Cl2N3O20P5. The maximum Gasteiger partial charge on any atom is 0.536 e.